The van der Waals surface area contributed by atoms with Crippen molar-refractivity contribution >= 4 is 11.6 Å². The second-order valence-corrected chi connectivity index (χ2v) is 9.74. The number of hydrogen-bond acceptors (Lipinski definition) is 9. The normalized spacial score (nSPS) is 17.7. The molecule has 3 heterocycles. The molecular formula is C27H38F2N6O3. The van der Waals surface area contributed by atoms with Gasteiger partial charge in [0.1, 0.15) is 30.1 Å². The summed E-state index contributed by atoms with van der Waals surface area (Å²) in [5, 5.41) is 12.9. The van der Waals surface area contributed by atoms with Gasteiger partial charge in [-0.05, 0) is 32.0 Å². The lowest BCUT2D eigenvalue weighted by Gasteiger charge is -2.38. The van der Waals surface area contributed by atoms with Gasteiger partial charge in [-0.1, -0.05) is 18.7 Å². The zero-order valence-electron chi connectivity index (χ0n) is 22.2. The number of nitrogens with zero attached hydrogens (tertiary/aromatic N) is 5. The maximum Gasteiger partial charge on any atom is 0.255 e. The van der Waals surface area contributed by atoms with Crippen molar-refractivity contribution in [2.75, 3.05) is 76.4 Å². The first-order valence-electron chi connectivity index (χ1n) is 13.1. The molecule has 2 aromatic rings. The summed E-state index contributed by atoms with van der Waals surface area (Å²) in [7, 11) is 3.81. The summed E-state index contributed by atoms with van der Waals surface area (Å²) < 4.78 is 37.3. The van der Waals surface area contributed by atoms with Crippen LogP contribution in [0.25, 0.3) is 11.4 Å². The lowest BCUT2D eigenvalue weighted by Crippen LogP contribution is -2.46. The number of benzene rings is 1. The topological polar surface area (TPSA) is 86.2 Å². The third kappa shape index (κ3) is 7.30. The van der Waals surface area contributed by atoms with E-state index in [-0.39, 0.29) is 13.2 Å². The molecule has 1 aromatic carbocycles. The average molecular weight is 533 g/mol. The van der Waals surface area contributed by atoms with Crippen molar-refractivity contribution < 1.29 is 23.4 Å². The third-order valence-electron chi connectivity index (χ3n) is 6.92. The van der Waals surface area contributed by atoms with E-state index in [0.29, 0.717) is 62.7 Å². The van der Waals surface area contributed by atoms with Crippen LogP contribution in [0.15, 0.2) is 42.6 Å². The van der Waals surface area contributed by atoms with Crippen molar-refractivity contribution in [3.63, 3.8) is 0 Å². The molecule has 2 fully saturated rings. The molecule has 1 unspecified atom stereocenters. The molecule has 2 saturated heterocycles. The maximum atomic E-state index is 13.0. The van der Waals surface area contributed by atoms with Gasteiger partial charge in [0.2, 0.25) is 0 Å². The predicted molar refractivity (Wildman–Crippen MR) is 144 cm³/mol. The Morgan fingerprint density at radius 1 is 1.24 bits per heavy atom. The maximum absolute atomic E-state index is 13.0. The minimum absolute atomic E-state index is 0.161. The van der Waals surface area contributed by atoms with Gasteiger partial charge in [0.15, 0.2) is 5.82 Å². The number of rotatable bonds is 11. The third-order valence-corrected chi connectivity index (χ3v) is 6.92. The number of hydrogen-bond donors (Lipinski definition) is 2. The van der Waals surface area contributed by atoms with Gasteiger partial charge in [-0.2, -0.15) is 0 Å². The number of likely N-dealkylation sites (N-methyl/N-ethyl adjacent to an activating group) is 1. The van der Waals surface area contributed by atoms with Crippen LogP contribution in [0.5, 0.6) is 5.75 Å². The molecule has 208 valence electrons. The highest BCUT2D eigenvalue weighted by molar-refractivity contribution is 5.64. The summed E-state index contributed by atoms with van der Waals surface area (Å²) in [6.45, 7) is 7.16. The monoisotopic (exact) mass is 532 g/mol. The number of aromatic nitrogens is 2. The molecule has 2 aliphatic heterocycles. The van der Waals surface area contributed by atoms with E-state index in [9.17, 15) is 13.9 Å². The Hall–Kier alpha value is -3.02. The molecule has 9 nitrogen and oxygen atoms in total. The summed E-state index contributed by atoms with van der Waals surface area (Å²) >= 11 is 0. The van der Waals surface area contributed by atoms with E-state index in [2.05, 4.69) is 21.7 Å². The van der Waals surface area contributed by atoms with E-state index in [0.717, 1.165) is 30.0 Å². The SMILES string of the molecule is C=C1CN(c2cc(N(C)C3CCOCC3)nc(-c3cccc(OCC(O)CNC)c3)n2)CCN1CC(F)F. The van der Waals surface area contributed by atoms with Gasteiger partial charge < -0.3 is 34.6 Å². The van der Waals surface area contributed by atoms with Crippen LogP contribution in [0, 0.1) is 0 Å². The van der Waals surface area contributed by atoms with Crippen LogP contribution in [0.4, 0.5) is 20.4 Å². The van der Waals surface area contributed by atoms with Crippen LogP contribution < -0.4 is 19.9 Å². The van der Waals surface area contributed by atoms with Gasteiger partial charge in [0.05, 0.1) is 13.1 Å². The molecule has 38 heavy (non-hydrogen) atoms. The first-order chi connectivity index (χ1) is 18.3. The molecule has 1 aromatic heterocycles. The summed E-state index contributed by atoms with van der Waals surface area (Å²) in [6.07, 6.45) is -1.21. The second kappa shape index (κ2) is 13.2. The van der Waals surface area contributed by atoms with E-state index in [1.165, 1.54) is 0 Å². The number of halogens is 2. The minimum Gasteiger partial charge on any atom is -0.491 e. The van der Waals surface area contributed by atoms with Crippen molar-refractivity contribution in [3.8, 4) is 17.1 Å². The van der Waals surface area contributed by atoms with Crippen molar-refractivity contribution in [1.29, 1.82) is 0 Å². The van der Waals surface area contributed by atoms with Gasteiger partial charge in [0.25, 0.3) is 6.43 Å². The number of aliphatic hydroxyl groups excluding tert-OH is 1. The Balaban J connectivity index is 1.61. The fourth-order valence-electron chi connectivity index (χ4n) is 4.75. The van der Waals surface area contributed by atoms with Crippen LogP contribution in [0.3, 0.4) is 0 Å². The van der Waals surface area contributed by atoms with Crippen molar-refractivity contribution in [2.24, 2.45) is 0 Å². The lowest BCUT2D eigenvalue weighted by molar-refractivity contribution is 0.0853. The molecule has 4 rings (SSSR count). The number of piperazine rings is 1. The highest BCUT2D eigenvalue weighted by Gasteiger charge is 2.26. The fourth-order valence-corrected chi connectivity index (χ4v) is 4.75. The molecule has 0 aliphatic carbocycles. The molecule has 0 spiro atoms. The summed E-state index contributed by atoms with van der Waals surface area (Å²) in [6, 6.07) is 9.75. The second-order valence-electron chi connectivity index (χ2n) is 9.74. The largest absolute Gasteiger partial charge is 0.491 e. The van der Waals surface area contributed by atoms with Gasteiger partial charge in [-0.3, -0.25) is 0 Å². The van der Waals surface area contributed by atoms with E-state index >= 15 is 0 Å². The number of nitrogens with one attached hydrogen (secondary N) is 1. The molecule has 11 heteroatoms. The molecule has 0 saturated carbocycles. The average Bonchev–Trinajstić information content (AvgIpc) is 2.93. The Bertz CT molecular complexity index is 1070. The molecular weight excluding hydrogens is 494 g/mol. The number of alkyl halides is 2. The van der Waals surface area contributed by atoms with E-state index in [1.54, 1.807) is 11.9 Å². The lowest BCUT2D eigenvalue weighted by atomic mass is 10.1. The first-order valence-corrected chi connectivity index (χ1v) is 13.1. The van der Waals surface area contributed by atoms with E-state index in [1.807, 2.05) is 37.4 Å². The molecule has 0 amide bonds. The van der Waals surface area contributed by atoms with Gasteiger partial charge >= 0.3 is 0 Å². The van der Waals surface area contributed by atoms with Gasteiger partial charge in [0, 0.05) is 63.3 Å². The van der Waals surface area contributed by atoms with Crippen molar-refractivity contribution in [3.05, 3.63) is 42.6 Å². The predicted octanol–water partition coefficient (Wildman–Crippen LogP) is 2.62. The Labute approximate surface area is 223 Å². The van der Waals surface area contributed by atoms with Crippen LogP contribution in [0.1, 0.15) is 12.8 Å². The Morgan fingerprint density at radius 2 is 2.03 bits per heavy atom. The summed E-state index contributed by atoms with van der Waals surface area (Å²) in [5.41, 5.74) is 1.43. The standard InChI is InChI=1S/C27H38F2N6O3/c1-19-16-35(10-9-34(19)17-24(28)29)26-14-25(33(3)21-7-11-37-12-8-21)31-27(32-26)20-5-4-6-23(13-20)38-18-22(36)15-30-2/h4-6,13-14,21-22,24,30,36H,1,7-12,15-18H2,2-3H3. The highest BCUT2D eigenvalue weighted by atomic mass is 19.3. The van der Waals surface area contributed by atoms with Crippen LogP contribution in [0.2, 0.25) is 0 Å². The summed E-state index contributed by atoms with van der Waals surface area (Å²) in [5.74, 6) is 2.66. The quantitative estimate of drug-likeness (QED) is 0.454. The first kappa shape index (κ1) is 28.0. The van der Waals surface area contributed by atoms with Crippen molar-refractivity contribution in [2.45, 2.75) is 31.4 Å². The Kier molecular flexibility index (Phi) is 9.70. The fraction of sp³-hybridized carbons (Fsp3) is 0.556. The molecule has 0 radical (unpaired) electrons. The smallest absolute Gasteiger partial charge is 0.255 e. The minimum atomic E-state index is -2.41. The highest BCUT2D eigenvalue weighted by Crippen LogP contribution is 2.30. The van der Waals surface area contributed by atoms with E-state index in [4.69, 9.17) is 19.4 Å². The molecule has 2 aliphatic rings. The van der Waals surface area contributed by atoms with Crippen LogP contribution >= 0.6 is 0 Å². The zero-order valence-corrected chi connectivity index (χ0v) is 22.2. The zero-order chi connectivity index (χ0) is 27.1. The number of ether oxygens (including phenoxy) is 2. The number of anilines is 2. The molecule has 0 bridgehead atoms. The van der Waals surface area contributed by atoms with Crippen LogP contribution in [-0.2, 0) is 4.74 Å². The molecule has 2 N–H and O–H groups in total. The van der Waals surface area contributed by atoms with E-state index < -0.39 is 12.5 Å². The number of aliphatic hydroxyl groups is 1. The summed E-state index contributed by atoms with van der Waals surface area (Å²) in [4.78, 5) is 15.7. The van der Waals surface area contributed by atoms with Gasteiger partial charge in [-0.15, -0.1) is 0 Å². The Morgan fingerprint density at radius 3 is 2.74 bits per heavy atom. The van der Waals surface area contributed by atoms with Gasteiger partial charge in [-0.25, -0.2) is 18.7 Å². The van der Waals surface area contributed by atoms with Crippen molar-refractivity contribution in [1.82, 2.24) is 20.2 Å². The molecule has 1 atom stereocenters. The van der Waals surface area contributed by atoms with Crippen LogP contribution in [-0.4, -0.2) is 105 Å².